The van der Waals surface area contributed by atoms with E-state index in [4.69, 9.17) is 5.73 Å². The Kier molecular flexibility index (Phi) is 5.24. The van der Waals surface area contributed by atoms with Gasteiger partial charge in [-0.05, 0) is 62.5 Å². The molecule has 0 spiro atoms. The fourth-order valence-electron chi connectivity index (χ4n) is 2.64. The minimum atomic E-state index is -3.47. The monoisotopic (exact) mass is 311 g/mol. The average Bonchev–Trinajstić information content (AvgIpc) is 2.40. The van der Waals surface area contributed by atoms with Crippen LogP contribution in [0.3, 0.4) is 0 Å². The van der Waals surface area contributed by atoms with Crippen LogP contribution in [-0.2, 0) is 10.0 Å². The minimum Gasteiger partial charge on any atom is -0.399 e. The second-order valence-corrected chi connectivity index (χ2v) is 7.77. The van der Waals surface area contributed by atoms with Gasteiger partial charge in [0.2, 0.25) is 10.0 Å². The maximum atomic E-state index is 12.2. The first-order chi connectivity index (χ1) is 9.87. The number of nitrogens with one attached hydrogen (secondary N) is 1. The molecule has 118 valence electrons. The fourth-order valence-corrected chi connectivity index (χ4v) is 3.80. The van der Waals surface area contributed by atoms with Crippen LogP contribution in [0.15, 0.2) is 23.1 Å². The summed E-state index contributed by atoms with van der Waals surface area (Å²) >= 11 is 0. The second-order valence-electron chi connectivity index (χ2n) is 6.00. The molecule has 1 aromatic rings. The van der Waals surface area contributed by atoms with Crippen molar-refractivity contribution in [3.63, 3.8) is 0 Å². The van der Waals surface area contributed by atoms with Crippen molar-refractivity contribution in [2.45, 2.75) is 31.6 Å². The highest BCUT2D eigenvalue weighted by molar-refractivity contribution is 7.89. The van der Waals surface area contributed by atoms with E-state index in [1.807, 2.05) is 6.92 Å². The standard InChI is InChI=1S/C15H25N3O2S/c1-12-3-6-18(7-4-12)8-5-17-21(19,20)15-10-13(2)9-14(16)11-15/h9-12,17H,3-8,16H2,1-2H3. The highest BCUT2D eigenvalue weighted by Crippen LogP contribution is 2.17. The molecule has 6 heteroatoms. The number of anilines is 1. The van der Waals surface area contributed by atoms with Gasteiger partial charge in [0.25, 0.3) is 0 Å². The number of nitrogens with two attached hydrogens (primary N) is 1. The van der Waals surface area contributed by atoms with E-state index in [0.717, 1.165) is 31.1 Å². The van der Waals surface area contributed by atoms with Gasteiger partial charge in [0.05, 0.1) is 4.90 Å². The van der Waals surface area contributed by atoms with E-state index in [-0.39, 0.29) is 4.90 Å². The molecule has 0 bridgehead atoms. The van der Waals surface area contributed by atoms with Crippen molar-refractivity contribution >= 4 is 15.7 Å². The Bertz CT molecular complexity index is 558. The normalized spacial score (nSPS) is 18.0. The SMILES string of the molecule is Cc1cc(N)cc(S(=O)(=O)NCCN2CCC(C)CC2)c1. The molecule has 0 aliphatic carbocycles. The van der Waals surface area contributed by atoms with Crippen LogP contribution in [0.2, 0.25) is 0 Å². The topological polar surface area (TPSA) is 75.4 Å². The Morgan fingerprint density at radius 1 is 1.29 bits per heavy atom. The summed E-state index contributed by atoms with van der Waals surface area (Å²) in [6, 6.07) is 4.90. The van der Waals surface area contributed by atoms with Gasteiger partial charge in [-0.1, -0.05) is 6.92 Å². The van der Waals surface area contributed by atoms with Crippen molar-refractivity contribution in [3.8, 4) is 0 Å². The van der Waals surface area contributed by atoms with Gasteiger partial charge in [0.15, 0.2) is 0 Å². The van der Waals surface area contributed by atoms with Gasteiger partial charge in [-0.2, -0.15) is 0 Å². The number of aryl methyl sites for hydroxylation is 1. The van der Waals surface area contributed by atoms with E-state index in [0.29, 0.717) is 12.2 Å². The fraction of sp³-hybridized carbons (Fsp3) is 0.600. The molecular weight excluding hydrogens is 286 g/mol. The number of nitrogen functional groups attached to an aromatic ring is 1. The number of piperidine rings is 1. The first-order valence-corrected chi connectivity index (χ1v) is 8.94. The summed E-state index contributed by atoms with van der Waals surface area (Å²) in [5, 5.41) is 0. The molecule has 0 unspecified atom stereocenters. The zero-order valence-corrected chi connectivity index (χ0v) is 13.6. The number of likely N-dealkylation sites (tertiary alicyclic amines) is 1. The number of benzene rings is 1. The maximum absolute atomic E-state index is 12.2. The van der Waals surface area contributed by atoms with Crippen LogP contribution in [-0.4, -0.2) is 39.5 Å². The minimum absolute atomic E-state index is 0.243. The van der Waals surface area contributed by atoms with E-state index in [9.17, 15) is 8.42 Å². The number of sulfonamides is 1. The molecule has 5 nitrogen and oxygen atoms in total. The van der Waals surface area contributed by atoms with Gasteiger partial charge in [0.1, 0.15) is 0 Å². The van der Waals surface area contributed by atoms with Crippen LogP contribution >= 0.6 is 0 Å². The van der Waals surface area contributed by atoms with E-state index >= 15 is 0 Å². The van der Waals surface area contributed by atoms with Crippen molar-refractivity contribution < 1.29 is 8.42 Å². The van der Waals surface area contributed by atoms with Crippen LogP contribution in [0, 0.1) is 12.8 Å². The summed E-state index contributed by atoms with van der Waals surface area (Å²) in [5.41, 5.74) is 7.03. The molecule has 1 aliphatic rings. The van der Waals surface area contributed by atoms with Crippen molar-refractivity contribution in [1.29, 1.82) is 0 Å². The van der Waals surface area contributed by atoms with E-state index < -0.39 is 10.0 Å². The highest BCUT2D eigenvalue weighted by Gasteiger charge is 2.18. The van der Waals surface area contributed by atoms with Crippen LogP contribution in [0.25, 0.3) is 0 Å². The molecule has 1 fully saturated rings. The average molecular weight is 311 g/mol. The smallest absolute Gasteiger partial charge is 0.240 e. The summed E-state index contributed by atoms with van der Waals surface area (Å²) in [5.74, 6) is 0.785. The Hall–Kier alpha value is -1.11. The van der Waals surface area contributed by atoms with Gasteiger partial charge in [0, 0.05) is 18.8 Å². The summed E-state index contributed by atoms with van der Waals surface area (Å²) in [4.78, 5) is 2.56. The Balaban J connectivity index is 1.89. The third-order valence-corrected chi connectivity index (χ3v) is 5.42. The summed E-state index contributed by atoms with van der Waals surface area (Å²) < 4.78 is 27.2. The third-order valence-electron chi connectivity index (χ3n) is 3.98. The molecule has 0 atom stereocenters. The zero-order valence-electron chi connectivity index (χ0n) is 12.8. The quantitative estimate of drug-likeness (QED) is 0.810. The molecule has 0 radical (unpaired) electrons. The van der Waals surface area contributed by atoms with Crippen molar-refractivity contribution in [1.82, 2.24) is 9.62 Å². The molecule has 1 saturated heterocycles. The molecule has 1 aliphatic heterocycles. The summed E-state index contributed by atoms with van der Waals surface area (Å²) in [6.45, 7) is 7.41. The molecule has 1 aromatic carbocycles. The number of hydrogen-bond donors (Lipinski definition) is 2. The molecule has 3 N–H and O–H groups in total. The highest BCUT2D eigenvalue weighted by atomic mass is 32.2. The van der Waals surface area contributed by atoms with Crippen LogP contribution < -0.4 is 10.5 Å². The number of nitrogens with zero attached hydrogens (tertiary/aromatic N) is 1. The van der Waals surface area contributed by atoms with Gasteiger partial charge in [-0.15, -0.1) is 0 Å². The Labute approximate surface area is 127 Å². The van der Waals surface area contributed by atoms with E-state index in [1.54, 1.807) is 12.1 Å². The van der Waals surface area contributed by atoms with Gasteiger partial charge < -0.3 is 10.6 Å². The second kappa shape index (κ2) is 6.77. The largest absolute Gasteiger partial charge is 0.399 e. The van der Waals surface area contributed by atoms with Crippen molar-refractivity contribution in [2.24, 2.45) is 5.92 Å². The van der Waals surface area contributed by atoms with Crippen LogP contribution in [0.5, 0.6) is 0 Å². The molecule has 21 heavy (non-hydrogen) atoms. The zero-order chi connectivity index (χ0) is 15.5. The lowest BCUT2D eigenvalue weighted by molar-refractivity contribution is 0.195. The van der Waals surface area contributed by atoms with E-state index in [2.05, 4.69) is 16.5 Å². The van der Waals surface area contributed by atoms with E-state index in [1.165, 1.54) is 18.9 Å². The maximum Gasteiger partial charge on any atom is 0.240 e. The van der Waals surface area contributed by atoms with Gasteiger partial charge >= 0.3 is 0 Å². The predicted octanol–water partition coefficient (Wildman–Crippen LogP) is 1.59. The Morgan fingerprint density at radius 2 is 1.95 bits per heavy atom. The first-order valence-electron chi connectivity index (χ1n) is 7.46. The van der Waals surface area contributed by atoms with Gasteiger partial charge in [-0.25, -0.2) is 13.1 Å². The van der Waals surface area contributed by atoms with Crippen molar-refractivity contribution in [2.75, 3.05) is 31.9 Å². The third kappa shape index (κ3) is 4.69. The molecule has 0 saturated carbocycles. The van der Waals surface area contributed by atoms with Crippen LogP contribution in [0.4, 0.5) is 5.69 Å². The number of rotatable bonds is 5. The summed E-state index contributed by atoms with van der Waals surface area (Å²) in [6.07, 6.45) is 2.39. The molecule has 0 aromatic heterocycles. The van der Waals surface area contributed by atoms with Crippen LogP contribution in [0.1, 0.15) is 25.3 Å². The molecule has 0 amide bonds. The molecule has 2 rings (SSSR count). The number of hydrogen-bond acceptors (Lipinski definition) is 4. The lowest BCUT2D eigenvalue weighted by Crippen LogP contribution is -2.39. The lowest BCUT2D eigenvalue weighted by atomic mass is 9.99. The molecule has 1 heterocycles. The molecular formula is C15H25N3O2S. The van der Waals surface area contributed by atoms with Gasteiger partial charge in [-0.3, -0.25) is 0 Å². The predicted molar refractivity (Wildman–Crippen MR) is 85.6 cm³/mol. The summed E-state index contributed by atoms with van der Waals surface area (Å²) in [7, 11) is -3.47. The first kappa shape index (κ1) is 16.3. The lowest BCUT2D eigenvalue weighted by Gasteiger charge is -2.30. The van der Waals surface area contributed by atoms with Crippen molar-refractivity contribution in [3.05, 3.63) is 23.8 Å². The Morgan fingerprint density at radius 3 is 2.57 bits per heavy atom.